The molecule has 1 aliphatic heterocycles. The number of halogens is 1. The van der Waals surface area contributed by atoms with Crippen molar-refractivity contribution in [2.24, 2.45) is 5.92 Å². The van der Waals surface area contributed by atoms with Crippen molar-refractivity contribution in [1.82, 2.24) is 14.5 Å². The Morgan fingerprint density at radius 1 is 1.15 bits per heavy atom. The Labute approximate surface area is 162 Å². The van der Waals surface area contributed by atoms with Crippen molar-refractivity contribution in [3.8, 4) is 0 Å². The summed E-state index contributed by atoms with van der Waals surface area (Å²) in [7, 11) is 0. The van der Waals surface area contributed by atoms with Gasteiger partial charge in [-0.2, -0.15) is 0 Å². The summed E-state index contributed by atoms with van der Waals surface area (Å²) in [6, 6.07) is 9.66. The lowest BCUT2D eigenvalue weighted by Gasteiger charge is -2.29. The van der Waals surface area contributed by atoms with Gasteiger partial charge in [-0.1, -0.05) is 23.7 Å². The first-order valence-electron chi connectivity index (χ1n) is 9.58. The van der Waals surface area contributed by atoms with Crippen molar-refractivity contribution in [3.63, 3.8) is 0 Å². The molecule has 6 heteroatoms. The van der Waals surface area contributed by atoms with E-state index in [-0.39, 0.29) is 11.6 Å². The molecule has 1 aromatic carbocycles. The summed E-state index contributed by atoms with van der Waals surface area (Å²) in [6.45, 7) is 1.67. The SMILES string of the molecule is O=c1c2ccccc2nc(C2CCCN2c2ccncc2Cl)n1CC1CC1. The Morgan fingerprint density at radius 3 is 2.81 bits per heavy atom. The number of aromatic nitrogens is 3. The van der Waals surface area contributed by atoms with Gasteiger partial charge in [0, 0.05) is 25.5 Å². The number of benzene rings is 1. The zero-order valence-electron chi connectivity index (χ0n) is 15.0. The molecule has 1 saturated carbocycles. The van der Waals surface area contributed by atoms with Gasteiger partial charge >= 0.3 is 0 Å². The number of anilines is 1. The Morgan fingerprint density at radius 2 is 2.00 bits per heavy atom. The van der Waals surface area contributed by atoms with Crippen LogP contribution in [0.5, 0.6) is 0 Å². The van der Waals surface area contributed by atoms with Crippen LogP contribution in [0, 0.1) is 5.92 Å². The second kappa shape index (κ2) is 6.64. The maximum atomic E-state index is 13.2. The molecular formula is C21H21ClN4O. The molecule has 0 bridgehead atoms. The van der Waals surface area contributed by atoms with Crippen molar-refractivity contribution >= 4 is 28.2 Å². The highest BCUT2D eigenvalue weighted by molar-refractivity contribution is 6.33. The zero-order chi connectivity index (χ0) is 18.4. The molecule has 1 saturated heterocycles. The van der Waals surface area contributed by atoms with Crippen LogP contribution >= 0.6 is 11.6 Å². The highest BCUT2D eigenvalue weighted by Gasteiger charge is 2.33. The van der Waals surface area contributed by atoms with Crippen LogP contribution in [-0.4, -0.2) is 21.1 Å². The van der Waals surface area contributed by atoms with Crippen molar-refractivity contribution in [1.29, 1.82) is 0 Å². The van der Waals surface area contributed by atoms with Crippen molar-refractivity contribution < 1.29 is 0 Å². The third-order valence-corrected chi connectivity index (χ3v) is 5.93. The summed E-state index contributed by atoms with van der Waals surface area (Å²) < 4.78 is 1.93. The summed E-state index contributed by atoms with van der Waals surface area (Å²) in [4.78, 5) is 24.6. The Balaban J connectivity index is 1.66. The van der Waals surface area contributed by atoms with Gasteiger partial charge in [0.05, 0.1) is 27.7 Å². The lowest BCUT2D eigenvalue weighted by molar-refractivity contribution is 0.527. The lowest BCUT2D eigenvalue weighted by Crippen LogP contribution is -2.33. The summed E-state index contributed by atoms with van der Waals surface area (Å²) in [6.07, 6.45) is 7.86. The van der Waals surface area contributed by atoms with Crippen LogP contribution in [0.25, 0.3) is 10.9 Å². The molecule has 3 heterocycles. The fourth-order valence-electron chi connectivity index (χ4n) is 4.10. The van der Waals surface area contributed by atoms with Gasteiger partial charge in [-0.3, -0.25) is 14.3 Å². The maximum Gasteiger partial charge on any atom is 0.261 e. The first-order valence-corrected chi connectivity index (χ1v) is 9.96. The Bertz CT molecular complexity index is 1060. The number of hydrogen-bond donors (Lipinski definition) is 0. The highest BCUT2D eigenvalue weighted by Crippen LogP contribution is 2.39. The fraction of sp³-hybridized carbons (Fsp3) is 0.381. The third-order valence-electron chi connectivity index (χ3n) is 5.64. The fourth-order valence-corrected chi connectivity index (χ4v) is 4.33. The summed E-state index contributed by atoms with van der Waals surface area (Å²) >= 11 is 6.42. The van der Waals surface area contributed by atoms with E-state index in [2.05, 4.69) is 9.88 Å². The number of pyridine rings is 1. The molecule has 27 heavy (non-hydrogen) atoms. The zero-order valence-corrected chi connectivity index (χ0v) is 15.8. The Hall–Kier alpha value is -2.40. The molecule has 138 valence electrons. The third kappa shape index (κ3) is 3.00. The van der Waals surface area contributed by atoms with Gasteiger partial charge in [0.1, 0.15) is 5.82 Å². The predicted molar refractivity (Wildman–Crippen MR) is 107 cm³/mol. The second-order valence-electron chi connectivity index (χ2n) is 7.52. The topological polar surface area (TPSA) is 51.0 Å². The van der Waals surface area contributed by atoms with Crippen LogP contribution in [0.4, 0.5) is 5.69 Å². The van der Waals surface area contributed by atoms with Crippen molar-refractivity contribution in [2.75, 3.05) is 11.4 Å². The Kier molecular flexibility index (Phi) is 4.12. The van der Waals surface area contributed by atoms with Gasteiger partial charge < -0.3 is 4.90 Å². The lowest BCUT2D eigenvalue weighted by atomic mass is 10.1. The molecule has 2 aliphatic rings. The van der Waals surface area contributed by atoms with E-state index < -0.39 is 0 Å². The summed E-state index contributed by atoms with van der Waals surface area (Å²) in [5.74, 6) is 1.47. The van der Waals surface area contributed by atoms with Crippen LogP contribution in [-0.2, 0) is 6.54 Å². The highest BCUT2D eigenvalue weighted by atomic mass is 35.5. The molecule has 3 aromatic rings. The minimum atomic E-state index is 0.0564. The molecule has 0 amide bonds. The molecule has 5 nitrogen and oxygen atoms in total. The van der Waals surface area contributed by atoms with E-state index in [9.17, 15) is 4.79 Å². The summed E-state index contributed by atoms with van der Waals surface area (Å²) in [5, 5.41) is 1.34. The van der Waals surface area contributed by atoms with E-state index in [4.69, 9.17) is 16.6 Å². The van der Waals surface area contributed by atoms with E-state index >= 15 is 0 Å². The molecule has 1 atom stereocenters. The minimum absolute atomic E-state index is 0.0564. The molecule has 0 N–H and O–H groups in total. The van der Waals surface area contributed by atoms with Crippen LogP contribution in [0.15, 0.2) is 47.5 Å². The molecular weight excluding hydrogens is 360 g/mol. The largest absolute Gasteiger partial charge is 0.360 e. The van der Waals surface area contributed by atoms with Gasteiger partial charge in [-0.05, 0) is 49.8 Å². The molecule has 2 fully saturated rings. The van der Waals surface area contributed by atoms with Crippen LogP contribution in [0.1, 0.15) is 37.5 Å². The molecule has 0 radical (unpaired) electrons. The van der Waals surface area contributed by atoms with Crippen LogP contribution in [0.3, 0.4) is 0 Å². The van der Waals surface area contributed by atoms with E-state index in [1.54, 1.807) is 12.4 Å². The molecule has 1 unspecified atom stereocenters. The minimum Gasteiger partial charge on any atom is -0.360 e. The van der Waals surface area contributed by atoms with Gasteiger partial charge in [0.2, 0.25) is 0 Å². The maximum absolute atomic E-state index is 13.2. The number of hydrogen-bond acceptors (Lipinski definition) is 4. The second-order valence-corrected chi connectivity index (χ2v) is 7.93. The number of nitrogens with zero attached hydrogens (tertiary/aromatic N) is 4. The van der Waals surface area contributed by atoms with Crippen molar-refractivity contribution in [2.45, 2.75) is 38.3 Å². The van der Waals surface area contributed by atoms with Gasteiger partial charge in [0.25, 0.3) is 5.56 Å². The van der Waals surface area contributed by atoms with E-state index in [1.165, 1.54) is 12.8 Å². The van der Waals surface area contributed by atoms with Gasteiger partial charge in [-0.25, -0.2) is 4.98 Å². The molecule has 2 aromatic heterocycles. The molecule has 5 rings (SSSR count). The monoisotopic (exact) mass is 380 g/mol. The summed E-state index contributed by atoms with van der Waals surface area (Å²) in [5.41, 5.74) is 1.82. The van der Waals surface area contributed by atoms with Crippen LogP contribution in [0.2, 0.25) is 5.02 Å². The first-order chi connectivity index (χ1) is 13.2. The smallest absolute Gasteiger partial charge is 0.261 e. The number of para-hydroxylation sites is 1. The average molecular weight is 381 g/mol. The quantitative estimate of drug-likeness (QED) is 0.680. The van der Waals surface area contributed by atoms with Crippen LogP contribution < -0.4 is 10.5 Å². The van der Waals surface area contributed by atoms with Crippen molar-refractivity contribution in [3.05, 3.63) is 63.9 Å². The van der Waals surface area contributed by atoms with Gasteiger partial charge in [-0.15, -0.1) is 0 Å². The number of fused-ring (bicyclic) bond motifs is 1. The molecule has 1 aliphatic carbocycles. The number of rotatable bonds is 4. The normalized spacial score (nSPS) is 19.7. The standard InChI is InChI=1S/C21H21ClN4O/c22-16-12-23-10-9-18(16)25-11-3-6-19(25)20-24-17-5-2-1-4-15(17)21(27)26(20)13-14-7-8-14/h1-2,4-5,9-10,12,14,19H,3,6-8,11,13H2. The van der Waals surface area contributed by atoms with E-state index in [0.717, 1.165) is 43.0 Å². The predicted octanol–water partition coefficient (Wildman–Crippen LogP) is 4.20. The van der Waals surface area contributed by atoms with E-state index in [1.807, 2.05) is 34.9 Å². The first kappa shape index (κ1) is 16.8. The molecule has 0 spiro atoms. The average Bonchev–Trinajstić information content (AvgIpc) is 3.38. The van der Waals surface area contributed by atoms with E-state index in [0.29, 0.717) is 16.3 Å². The van der Waals surface area contributed by atoms with Gasteiger partial charge in [0.15, 0.2) is 0 Å².